The SMILES string of the molecule is CC(Nc1nc2nc(-c3noc(=O)[nH]3)nc(N[C@H](C)C3CCC3)c2n1C[C@H]1CC[C@H](C)CC1)c1ccncn1. The number of hydrogen-bond acceptors (Lipinski definition) is 10. The lowest BCUT2D eigenvalue weighted by Crippen LogP contribution is -2.31. The van der Waals surface area contributed by atoms with Crippen molar-refractivity contribution in [1.82, 2.24) is 39.6 Å². The van der Waals surface area contributed by atoms with E-state index >= 15 is 0 Å². The van der Waals surface area contributed by atoms with Gasteiger partial charge in [-0.25, -0.2) is 24.7 Å². The average Bonchev–Trinajstić information content (AvgIpc) is 3.48. The molecule has 2 atom stereocenters. The maximum atomic E-state index is 11.7. The molecule has 0 aromatic carbocycles. The van der Waals surface area contributed by atoms with Crippen LogP contribution in [0.1, 0.15) is 77.5 Å². The Labute approximate surface area is 226 Å². The van der Waals surface area contributed by atoms with Crippen LogP contribution in [0.5, 0.6) is 0 Å². The summed E-state index contributed by atoms with van der Waals surface area (Å²) in [5.41, 5.74) is 2.26. The Hall–Kier alpha value is -3.83. The van der Waals surface area contributed by atoms with Crippen molar-refractivity contribution in [1.29, 1.82) is 0 Å². The molecule has 4 aromatic heterocycles. The number of hydrogen-bond donors (Lipinski definition) is 3. The minimum absolute atomic E-state index is 0.0976. The molecule has 12 nitrogen and oxygen atoms in total. The predicted molar refractivity (Wildman–Crippen MR) is 147 cm³/mol. The van der Waals surface area contributed by atoms with Crippen LogP contribution in [0.4, 0.5) is 11.8 Å². The fourth-order valence-corrected chi connectivity index (χ4v) is 5.72. The van der Waals surface area contributed by atoms with Crippen LogP contribution in [-0.2, 0) is 6.54 Å². The average molecular weight is 533 g/mol. The van der Waals surface area contributed by atoms with Gasteiger partial charge in [0.15, 0.2) is 11.5 Å². The molecule has 1 unspecified atom stereocenters. The Bertz CT molecular complexity index is 1470. The van der Waals surface area contributed by atoms with Gasteiger partial charge >= 0.3 is 5.76 Å². The lowest BCUT2D eigenvalue weighted by atomic mass is 9.80. The van der Waals surface area contributed by atoms with Gasteiger partial charge in [-0.15, -0.1) is 0 Å². The van der Waals surface area contributed by atoms with E-state index < -0.39 is 5.76 Å². The van der Waals surface area contributed by atoms with Gasteiger partial charge in [0.2, 0.25) is 17.6 Å². The Morgan fingerprint density at radius 3 is 2.59 bits per heavy atom. The maximum Gasteiger partial charge on any atom is 0.439 e. The Morgan fingerprint density at radius 1 is 1.10 bits per heavy atom. The molecule has 4 heterocycles. The number of anilines is 2. The number of aromatic amines is 1. The molecule has 6 rings (SSSR count). The van der Waals surface area contributed by atoms with Gasteiger partial charge in [-0.3, -0.25) is 9.51 Å². The topological polar surface area (TPSA) is 152 Å². The van der Waals surface area contributed by atoms with E-state index in [1.165, 1.54) is 44.9 Å². The minimum Gasteiger partial charge on any atom is -0.365 e. The van der Waals surface area contributed by atoms with Gasteiger partial charge < -0.3 is 15.2 Å². The van der Waals surface area contributed by atoms with Crippen molar-refractivity contribution in [2.45, 2.75) is 84.3 Å². The van der Waals surface area contributed by atoms with Gasteiger partial charge in [-0.1, -0.05) is 31.3 Å². The fraction of sp³-hybridized carbons (Fsp3) is 0.593. The summed E-state index contributed by atoms with van der Waals surface area (Å²) >= 11 is 0. The highest BCUT2D eigenvalue weighted by Crippen LogP contribution is 2.36. The van der Waals surface area contributed by atoms with E-state index in [2.05, 4.69) is 56.1 Å². The summed E-state index contributed by atoms with van der Waals surface area (Å²) in [6.45, 7) is 7.42. The van der Waals surface area contributed by atoms with Crippen molar-refractivity contribution in [3.05, 3.63) is 34.8 Å². The zero-order valence-electron chi connectivity index (χ0n) is 22.7. The molecule has 12 heteroatoms. The van der Waals surface area contributed by atoms with Crippen LogP contribution in [0.25, 0.3) is 22.8 Å². The molecule has 2 aliphatic rings. The molecule has 2 fully saturated rings. The van der Waals surface area contributed by atoms with E-state index in [0.717, 1.165) is 23.7 Å². The van der Waals surface area contributed by atoms with Crippen molar-refractivity contribution in [2.75, 3.05) is 10.6 Å². The molecular weight excluding hydrogens is 496 g/mol. The largest absolute Gasteiger partial charge is 0.439 e. The van der Waals surface area contributed by atoms with E-state index in [1.807, 2.05) is 6.07 Å². The zero-order valence-corrected chi connectivity index (χ0v) is 22.7. The molecule has 0 bridgehead atoms. The summed E-state index contributed by atoms with van der Waals surface area (Å²) in [7, 11) is 0. The molecule has 206 valence electrons. The molecule has 2 saturated carbocycles. The Kier molecular flexibility index (Phi) is 7.01. The highest BCUT2D eigenvalue weighted by molar-refractivity contribution is 5.87. The summed E-state index contributed by atoms with van der Waals surface area (Å²) in [4.78, 5) is 37.3. The van der Waals surface area contributed by atoms with E-state index in [-0.39, 0.29) is 23.7 Å². The number of aromatic nitrogens is 8. The first-order chi connectivity index (χ1) is 18.9. The number of nitrogens with one attached hydrogen (secondary N) is 3. The quantitative estimate of drug-likeness (QED) is 0.280. The number of imidazole rings is 1. The second-order valence-electron chi connectivity index (χ2n) is 11.3. The molecule has 0 saturated heterocycles. The van der Waals surface area contributed by atoms with Gasteiger partial charge in [-0.2, -0.15) is 4.98 Å². The molecule has 0 amide bonds. The van der Waals surface area contributed by atoms with Crippen molar-refractivity contribution in [3.8, 4) is 11.6 Å². The van der Waals surface area contributed by atoms with Crippen LogP contribution in [0.3, 0.4) is 0 Å². The number of rotatable bonds is 9. The van der Waals surface area contributed by atoms with E-state index in [1.54, 1.807) is 12.5 Å². The van der Waals surface area contributed by atoms with Gasteiger partial charge in [0.1, 0.15) is 11.8 Å². The van der Waals surface area contributed by atoms with E-state index in [9.17, 15) is 4.79 Å². The third-order valence-corrected chi connectivity index (χ3v) is 8.45. The number of H-pyrrole nitrogens is 1. The molecule has 0 spiro atoms. The normalized spacial score (nSPS) is 21.4. The molecule has 4 aromatic rings. The summed E-state index contributed by atoms with van der Waals surface area (Å²) in [6, 6.07) is 2.04. The summed E-state index contributed by atoms with van der Waals surface area (Å²) < 4.78 is 6.98. The van der Waals surface area contributed by atoms with Crippen LogP contribution >= 0.6 is 0 Å². The highest BCUT2D eigenvalue weighted by Gasteiger charge is 2.29. The smallest absolute Gasteiger partial charge is 0.365 e. The molecule has 3 N–H and O–H groups in total. The Morgan fingerprint density at radius 2 is 1.92 bits per heavy atom. The third-order valence-electron chi connectivity index (χ3n) is 8.45. The summed E-state index contributed by atoms with van der Waals surface area (Å²) in [5.74, 6) is 3.11. The highest BCUT2D eigenvalue weighted by atomic mass is 16.5. The second-order valence-corrected chi connectivity index (χ2v) is 11.3. The molecule has 2 aliphatic carbocycles. The van der Waals surface area contributed by atoms with Gasteiger partial charge in [0, 0.05) is 18.8 Å². The van der Waals surface area contributed by atoms with Crippen molar-refractivity contribution in [3.63, 3.8) is 0 Å². The van der Waals surface area contributed by atoms with E-state index in [4.69, 9.17) is 19.5 Å². The van der Waals surface area contributed by atoms with Crippen molar-refractivity contribution < 1.29 is 4.52 Å². The van der Waals surface area contributed by atoms with Crippen LogP contribution < -0.4 is 16.4 Å². The first kappa shape index (κ1) is 25.4. The first-order valence-corrected chi connectivity index (χ1v) is 14.1. The van der Waals surface area contributed by atoms with Gasteiger partial charge in [0.05, 0.1) is 11.7 Å². The van der Waals surface area contributed by atoms with Crippen molar-refractivity contribution in [2.24, 2.45) is 17.8 Å². The maximum absolute atomic E-state index is 11.7. The lowest BCUT2D eigenvalue weighted by Gasteiger charge is -2.32. The van der Waals surface area contributed by atoms with Crippen LogP contribution in [-0.4, -0.2) is 45.7 Å². The lowest BCUT2D eigenvalue weighted by molar-refractivity contribution is 0.267. The van der Waals surface area contributed by atoms with Gasteiger partial charge in [0.25, 0.3) is 0 Å². The molecule has 39 heavy (non-hydrogen) atoms. The monoisotopic (exact) mass is 532 g/mol. The third kappa shape index (κ3) is 5.37. The zero-order chi connectivity index (χ0) is 26.9. The first-order valence-electron chi connectivity index (χ1n) is 14.1. The predicted octanol–water partition coefficient (Wildman–Crippen LogP) is 4.56. The Balaban J connectivity index is 1.45. The molecular formula is C27H36N10O2. The van der Waals surface area contributed by atoms with Crippen LogP contribution in [0, 0.1) is 17.8 Å². The van der Waals surface area contributed by atoms with Crippen LogP contribution in [0.2, 0.25) is 0 Å². The minimum atomic E-state index is -0.649. The number of fused-ring (bicyclic) bond motifs is 1. The fourth-order valence-electron chi connectivity index (χ4n) is 5.72. The second kappa shape index (κ2) is 10.7. The standard InChI is InChI=1S/C27H36N10O2/c1-15-7-9-18(10-8-15)13-37-21-22(30-16(2)19-5-4-6-19)32-24(25-35-27(38)39-36-25)33-23(21)34-26(37)31-17(3)20-11-12-28-14-29-20/h11-12,14-19H,4-10,13H2,1-3H3,(H,35,36,38)(H2,30,31,32,33,34)/t15-,16-,17?,18-/m1/s1. The van der Waals surface area contributed by atoms with Gasteiger partial charge in [-0.05, 0) is 63.4 Å². The van der Waals surface area contributed by atoms with E-state index in [0.29, 0.717) is 29.2 Å². The number of nitrogens with zero attached hydrogens (tertiary/aromatic N) is 7. The van der Waals surface area contributed by atoms with Crippen molar-refractivity contribution >= 4 is 22.9 Å². The summed E-state index contributed by atoms with van der Waals surface area (Å²) in [5, 5.41) is 11.1. The van der Waals surface area contributed by atoms with Crippen LogP contribution in [0.15, 0.2) is 27.9 Å². The molecule has 0 radical (unpaired) electrons. The molecule has 0 aliphatic heterocycles. The summed E-state index contributed by atoms with van der Waals surface area (Å²) in [6.07, 6.45) is 11.8.